The zero-order valence-electron chi connectivity index (χ0n) is 40.7. The minimum Gasteiger partial charge on any atom is -0.495 e. The number of pyridine rings is 1. The van der Waals surface area contributed by atoms with Crippen molar-refractivity contribution >= 4 is 55.1 Å². The Labute approximate surface area is 415 Å². The normalized spacial score (nSPS) is 13.5. The van der Waals surface area contributed by atoms with Crippen LogP contribution in [-0.4, -0.2) is 129 Å². The number of carbonyl (C=O) groups excluding carboxylic acids is 1. The van der Waals surface area contributed by atoms with Crippen LogP contribution in [0.3, 0.4) is 0 Å². The maximum absolute atomic E-state index is 13.8. The van der Waals surface area contributed by atoms with Crippen molar-refractivity contribution in [2.45, 2.75) is 56.9 Å². The van der Waals surface area contributed by atoms with E-state index in [-0.39, 0.29) is 67.0 Å². The summed E-state index contributed by atoms with van der Waals surface area (Å²) in [7, 11) is 1.46. The second-order valence-corrected chi connectivity index (χ2v) is 19.6. The van der Waals surface area contributed by atoms with Crippen LogP contribution in [0.2, 0.25) is 0 Å². The molecule has 4 N–H and O–H groups in total. The number of sulfone groups is 1. The number of nitrogens with zero attached hydrogens (tertiary/aromatic N) is 6. The number of halogens is 3. The van der Waals surface area contributed by atoms with Gasteiger partial charge in [0.05, 0.1) is 72.2 Å². The smallest absolute Gasteiger partial charge is 0.406 e. The van der Waals surface area contributed by atoms with Gasteiger partial charge in [0.1, 0.15) is 23.8 Å². The number of methoxy groups -OCH3 is 1. The molecule has 4 aromatic heterocycles. The second kappa shape index (κ2) is 22.4. The third kappa shape index (κ3) is 12.4. The number of ether oxygens (including phenoxy) is 3. The van der Waals surface area contributed by atoms with Crippen molar-refractivity contribution in [1.82, 2.24) is 34.5 Å². The molecular weight excluding hydrogens is 954 g/mol. The van der Waals surface area contributed by atoms with Gasteiger partial charge >= 0.3 is 6.18 Å². The number of likely N-dealkylation sites (tertiary alicyclic amines) is 1. The summed E-state index contributed by atoms with van der Waals surface area (Å²) >= 11 is 0. The molecule has 3 aromatic carbocycles. The van der Waals surface area contributed by atoms with Crippen molar-refractivity contribution in [3.8, 4) is 34.5 Å². The molecule has 1 fully saturated rings. The number of imidazole rings is 1. The first-order valence-electron chi connectivity index (χ1n) is 23.4. The van der Waals surface area contributed by atoms with Gasteiger partial charge in [-0.05, 0) is 107 Å². The number of aromatic nitrogens is 5. The lowest BCUT2D eigenvalue weighted by Crippen LogP contribution is -2.36. The highest BCUT2D eigenvalue weighted by molar-refractivity contribution is 7.91. The zero-order chi connectivity index (χ0) is 51.0. The second-order valence-electron chi connectivity index (χ2n) is 17.5. The van der Waals surface area contributed by atoms with E-state index in [9.17, 15) is 26.4 Å². The van der Waals surface area contributed by atoms with Crippen LogP contribution in [0.25, 0.3) is 33.2 Å². The molecule has 0 spiro atoms. The van der Waals surface area contributed by atoms with Crippen molar-refractivity contribution in [2.24, 2.45) is 0 Å². The highest BCUT2D eigenvalue weighted by atomic mass is 32.2. The van der Waals surface area contributed by atoms with Gasteiger partial charge in [-0.25, -0.2) is 13.4 Å². The third-order valence-corrected chi connectivity index (χ3v) is 14.0. The van der Waals surface area contributed by atoms with Crippen LogP contribution in [0.4, 0.5) is 30.5 Å². The summed E-state index contributed by atoms with van der Waals surface area (Å²) in [5, 5.41) is 17.2. The minimum atomic E-state index is -4.47. The summed E-state index contributed by atoms with van der Waals surface area (Å²) in [6.45, 7) is 4.72. The Morgan fingerprint density at radius 3 is 2.53 bits per heavy atom. The van der Waals surface area contributed by atoms with E-state index in [0.29, 0.717) is 46.2 Å². The molecule has 0 atom stereocenters. The quantitative estimate of drug-likeness (QED) is 0.0440. The number of alkyl halides is 3. The molecule has 5 heterocycles. The van der Waals surface area contributed by atoms with Crippen molar-refractivity contribution < 1.29 is 45.1 Å². The van der Waals surface area contributed by atoms with Gasteiger partial charge in [0.2, 0.25) is 5.95 Å². The van der Waals surface area contributed by atoms with Crippen LogP contribution >= 0.6 is 0 Å². The van der Waals surface area contributed by atoms with Gasteiger partial charge in [-0.3, -0.25) is 4.79 Å². The van der Waals surface area contributed by atoms with Gasteiger partial charge in [-0.1, -0.05) is 29.3 Å². The van der Waals surface area contributed by atoms with Crippen LogP contribution in [0.15, 0.2) is 88.4 Å². The molecule has 1 aliphatic heterocycles. The van der Waals surface area contributed by atoms with E-state index < -0.39 is 22.6 Å². The number of carbonyl (C=O) groups is 1. The Hall–Kier alpha value is -7.28. The molecule has 380 valence electrons. The first-order chi connectivity index (χ1) is 34.6. The highest BCUT2D eigenvalue weighted by Crippen LogP contribution is 2.33. The molecule has 0 radical (unpaired) electrons. The Bertz CT molecular complexity index is 3200. The fourth-order valence-electron chi connectivity index (χ4n) is 8.68. The van der Waals surface area contributed by atoms with Crippen molar-refractivity contribution in [3.63, 3.8) is 0 Å². The molecule has 17 nitrogen and oxygen atoms in total. The monoisotopic (exact) mass is 1010 g/mol. The average molecular weight is 1010 g/mol. The Kier molecular flexibility index (Phi) is 15.9. The molecular formula is C51H57F3N10O7S. The van der Waals surface area contributed by atoms with E-state index in [2.05, 4.69) is 60.2 Å². The van der Waals surface area contributed by atoms with Crippen molar-refractivity contribution in [2.75, 3.05) is 88.9 Å². The number of anilines is 3. The van der Waals surface area contributed by atoms with Gasteiger partial charge < -0.3 is 54.0 Å². The highest BCUT2D eigenvalue weighted by Gasteiger charge is 2.30. The molecule has 1 amide bonds. The maximum atomic E-state index is 13.8. The summed E-state index contributed by atoms with van der Waals surface area (Å²) in [6.07, 6.45) is -0.852. The minimum absolute atomic E-state index is 0.00994. The summed E-state index contributed by atoms with van der Waals surface area (Å²) in [4.78, 5) is 24.2. The van der Waals surface area contributed by atoms with Crippen LogP contribution in [0.5, 0.6) is 11.5 Å². The molecule has 7 aromatic rings. The predicted molar refractivity (Wildman–Crippen MR) is 269 cm³/mol. The molecule has 0 bridgehead atoms. The summed E-state index contributed by atoms with van der Waals surface area (Å²) in [5.74, 6) is 7.18. The first-order valence-corrected chi connectivity index (χ1v) is 25.1. The molecule has 8 rings (SSSR count). The third-order valence-electron chi connectivity index (χ3n) is 12.3. The number of aryl methyl sites for hydroxylation is 2. The Morgan fingerprint density at radius 1 is 0.972 bits per heavy atom. The molecule has 72 heavy (non-hydrogen) atoms. The molecule has 0 saturated carbocycles. The van der Waals surface area contributed by atoms with Crippen molar-refractivity contribution in [1.29, 1.82) is 0 Å². The standard InChI is InChI=1S/C51H57F3N10O7S/c1-33-48(34(2)71-61-33)36-26-45-49(58-29-36)60-50(55-3)63(45)30-35-9-6-11-39(25-35)70-31-47(65)57-19-22-69-23-24-72(66,67)40-14-15-43(46(28-40)68-5)56-18-8-10-38-27-41-42(59-37-16-20-62(4)21-17-37)12-7-13-44(41)64(38)32-51(52,53)54/h6-7,9,11-15,25-29,37,56,59H,16-24,30-32H2,1-5H3,(H,57,65)(H,55,58,60). The van der Waals surface area contributed by atoms with Gasteiger partial charge in [0.25, 0.3) is 5.91 Å². The summed E-state index contributed by atoms with van der Waals surface area (Å²) in [6, 6.07) is 21.0. The fourth-order valence-corrected chi connectivity index (χ4v) is 9.81. The van der Waals surface area contributed by atoms with Gasteiger partial charge in [-0.15, -0.1) is 0 Å². The fraction of sp³-hybridized carbons (Fsp3) is 0.373. The number of hydrogen-bond acceptors (Lipinski definition) is 14. The van der Waals surface area contributed by atoms with E-state index in [4.69, 9.17) is 18.7 Å². The van der Waals surface area contributed by atoms with Gasteiger partial charge in [0.15, 0.2) is 22.1 Å². The van der Waals surface area contributed by atoms with E-state index in [1.807, 2.05) is 48.7 Å². The topological polar surface area (TPSA) is 192 Å². The number of rotatable bonds is 20. The molecule has 1 saturated heterocycles. The largest absolute Gasteiger partial charge is 0.495 e. The molecule has 0 unspecified atom stereocenters. The van der Waals surface area contributed by atoms with Crippen LogP contribution in [0.1, 0.15) is 35.6 Å². The molecule has 1 aliphatic rings. The van der Waals surface area contributed by atoms with Gasteiger partial charge in [0, 0.05) is 54.1 Å². The Balaban J connectivity index is 0.792. The summed E-state index contributed by atoms with van der Waals surface area (Å²) in [5.41, 5.74) is 6.68. The number of benzene rings is 3. The number of fused-ring (bicyclic) bond motifs is 2. The number of nitrogens with one attached hydrogen (secondary N) is 4. The average Bonchev–Trinajstić information content (AvgIpc) is 4.01. The predicted octanol–water partition coefficient (Wildman–Crippen LogP) is 7.27. The first kappa shape index (κ1) is 51.1. The van der Waals surface area contributed by atoms with Crippen molar-refractivity contribution in [3.05, 3.63) is 102 Å². The Morgan fingerprint density at radius 2 is 1.78 bits per heavy atom. The number of hydrogen-bond donors (Lipinski definition) is 4. The number of amides is 1. The van der Waals surface area contributed by atoms with Crippen LogP contribution in [0, 0.1) is 25.7 Å². The van der Waals surface area contributed by atoms with E-state index in [1.54, 1.807) is 43.6 Å². The molecule has 0 aliphatic carbocycles. The summed E-state index contributed by atoms with van der Waals surface area (Å²) < 4.78 is 93.3. The van der Waals surface area contributed by atoms with E-state index in [1.165, 1.54) is 23.8 Å². The number of piperidine rings is 1. The van der Waals surface area contributed by atoms with Crippen LogP contribution in [-0.2, 0) is 32.5 Å². The SMILES string of the molecule is CNc1nc2ncc(-c3c(C)noc3C)cc2n1Cc1cccc(OCC(=O)NCCOCCS(=O)(=O)c2ccc(NCC#Cc3cc4c(NC5CCN(C)CC5)cccc4n3CC(F)(F)F)c(OC)c2)c1. The van der Waals surface area contributed by atoms with Gasteiger partial charge in [-0.2, -0.15) is 18.2 Å². The van der Waals surface area contributed by atoms with E-state index in [0.717, 1.165) is 59.5 Å². The lowest BCUT2D eigenvalue weighted by Gasteiger charge is -2.30. The van der Waals surface area contributed by atoms with Crippen LogP contribution < -0.4 is 30.7 Å². The lowest BCUT2D eigenvalue weighted by molar-refractivity contribution is -0.140. The lowest BCUT2D eigenvalue weighted by atomic mass is 10.0. The van der Waals surface area contributed by atoms with E-state index >= 15 is 0 Å². The maximum Gasteiger partial charge on any atom is 0.406 e. The molecule has 21 heteroatoms. The zero-order valence-corrected chi connectivity index (χ0v) is 41.5.